The van der Waals surface area contributed by atoms with Gasteiger partial charge in [-0.25, -0.2) is 4.98 Å². The molecule has 0 saturated heterocycles. The van der Waals surface area contributed by atoms with Crippen molar-refractivity contribution in [3.8, 4) is 22.8 Å². The number of rotatable bonds is 4. The van der Waals surface area contributed by atoms with Crippen LogP contribution in [0, 0.1) is 0 Å². The lowest BCUT2D eigenvalue weighted by Gasteiger charge is -2.15. The van der Waals surface area contributed by atoms with E-state index in [0.29, 0.717) is 22.8 Å². The second kappa shape index (κ2) is 7.25. The highest BCUT2D eigenvalue weighted by Crippen LogP contribution is 2.31. The van der Waals surface area contributed by atoms with Crippen LogP contribution in [0.3, 0.4) is 0 Å². The lowest BCUT2D eigenvalue weighted by atomic mass is 10.0. The minimum atomic E-state index is -0.110. The molecule has 4 rings (SSSR count). The Morgan fingerprint density at radius 3 is 2.59 bits per heavy atom. The molecule has 3 heterocycles. The van der Waals surface area contributed by atoms with Crippen molar-refractivity contribution >= 4 is 11.2 Å². The summed E-state index contributed by atoms with van der Waals surface area (Å²) in [5.74, 6) is 1.24. The van der Waals surface area contributed by atoms with Crippen LogP contribution in [0.1, 0.15) is 12.0 Å². The molecule has 0 saturated carbocycles. The predicted molar refractivity (Wildman–Crippen MR) is 105 cm³/mol. The van der Waals surface area contributed by atoms with Crippen LogP contribution in [0.2, 0.25) is 0 Å². The van der Waals surface area contributed by atoms with Crippen LogP contribution in [0.4, 0.5) is 0 Å². The number of nitrogens with zero attached hydrogens (tertiary/aromatic N) is 2. The van der Waals surface area contributed by atoms with Crippen LogP contribution in [0.15, 0.2) is 53.5 Å². The van der Waals surface area contributed by atoms with Gasteiger partial charge in [0.05, 0.1) is 19.9 Å². The molecule has 2 aromatic heterocycles. The van der Waals surface area contributed by atoms with E-state index in [9.17, 15) is 4.79 Å². The summed E-state index contributed by atoms with van der Waals surface area (Å²) in [7, 11) is 3.18. The minimum absolute atomic E-state index is 0.110. The number of methoxy groups -OCH3 is 2. The lowest BCUT2D eigenvalue weighted by molar-refractivity contribution is 0.355. The summed E-state index contributed by atoms with van der Waals surface area (Å²) in [5.41, 5.74) is 4.23. The van der Waals surface area contributed by atoms with Crippen molar-refractivity contribution in [1.29, 1.82) is 0 Å². The molecule has 3 aromatic rings. The van der Waals surface area contributed by atoms with Crippen molar-refractivity contribution in [1.82, 2.24) is 14.7 Å². The summed E-state index contributed by atoms with van der Waals surface area (Å²) >= 11 is 0. The molecule has 0 fully saturated rings. The van der Waals surface area contributed by atoms with E-state index in [1.165, 1.54) is 5.57 Å². The van der Waals surface area contributed by atoms with Crippen molar-refractivity contribution in [3.63, 3.8) is 0 Å². The van der Waals surface area contributed by atoms with E-state index in [1.807, 2.05) is 36.5 Å². The molecule has 1 aromatic carbocycles. The van der Waals surface area contributed by atoms with Gasteiger partial charge in [0, 0.05) is 24.4 Å². The Labute approximate surface area is 157 Å². The maximum Gasteiger partial charge on any atom is 0.258 e. The van der Waals surface area contributed by atoms with Gasteiger partial charge in [-0.05, 0) is 54.4 Å². The Morgan fingerprint density at radius 1 is 1.04 bits per heavy atom. The van der Waals surface area contributed by atoms with Crippen LogP contribution in [-0.4, -0.2) is 36.7 Å². The van der Waals surface area contributed by atoms with Gasteiger partial charge in [0.15, 0.2) is 11.5 Å². The van der Waals surface area contributed by atoms with Gasteiger partial charge in [0.1, 0.15) is 5.65 Å². The molecule has 138 valence electrons. The number of nitrogens with one attached hydrogen (secondary N) is 1. The second-order valence-corrected chi connectivity index (χ2v) is 6.38. The fourth-order valence-electron chi connectivity index (χ4n) is 3.32. The predicted octanol–water partition coefficient (Wildman–Crippen LogP) is 2.76. The molecule has 0 atom stereocenters. The van der Waals surface area contributed by atoms with E-state index >= 15 is 0 Å². The fraction of sp³-hybridized carbons (Fsp3) is 0.238. The molecule has 6 nitrogen and oxygen atoms in total. The van der Waals surface area contributed by atoms with Crippen molar-refractivity contribution in [2.75, 3.05) is 27.3 Å². The summed E-state index contributed by atoms with van der Waals surface area (Å²) in [6.45, 7) is 1.81. The molecular formula is C21H21N3O3. The molecule has 27 heavy (non-hydrogen) atoms. The van der Waals surface area contributed by atoms with E-state index in [0.717, 1.165) is 30.6 Å². The van der Waals surface area contributed by atoms with Crippen molar-refractivity contribution < 1.29 is 9.47 Å². The highest BCUT2D eigenvalue weighted by Gasteiger charge is 2.11. The van der Waals surface area contributed by atoms with Gasteiger partial charge in [0.25, 0.3) is 5.56 Å². The zero-order valence-corrected chi connectivity index (χ0v) is 15.4. The SMILES string of the molecule is COc1ccc(-c2cc(=O)n3cc(C4=CCNCC4)ccc3n2)cc1OC. The highest BCUT2D eigenvalue weighted by molar-refractivity contribution is 5.69. The number of ether oxygens (including phenoxy) is 2. The molecule has 0 aliphatic carbocycles. The van der Waals surface area contributed by atoms with Gasteiger partial charge in [0.2, 0.25) is 0 Å². The van der Waals surface area contributed by atoms with Gasteiger partial charge in [-0.3, -0.25) is 9.20 Å². The summed E-state index contributed by atoms with van der Waals surface area (Å²) in [4.78, 5) is 17.4. The van der Waals surface area contributed by atoms with E-state index in [2.05, 4.69) is 16.4 Å². The molecular weight excluding hydrogens is 342 g/mol. The first kappa shape index (κ1) is 17.3. The standard InChI is InChI=1S/C21H21N3O3/c1-26-18-5-3-15(11-19(18)27-2)17-12-21(25)24-13-16(4-6-20(24)23-17)14-7-9-22-10-8-14/h3-7,11-13,22H,8-10H2,1-2H3. The van der Waals surface area contributed by atoms with Gasteiger partial charge < -0.3 is 14.8 Å². The van der Waals surface area contributed by atoms with E-state index in [4.69, 9.17) is 9.47 Å². The highest BCUT2D eigenvalue weighted by atomic mass is 16.5. The smallest absolute Gasteiger partial charge is 0.258 e. The number of benzene rings is 1. The fourth-order valence-corrected chi connectivity index (χ4v) is 3.32. The van der Waals surface area contributed by atoms with E-state index in [-0.39, 0.29) is 5.56 Å². The van der Waals surface area contributed by atoms with E-state index < -0.39 is 0 Å². The number of hydrogen-bond acceptors (Lipinski definition) is 5. The second-order valence-electron chi connectivity index (χ2n) is 6.38. The molecule has 1 aliphatic heterocycles. The number of fused-ring (bicyclic) bond motifs is 1. The first-order chi connectivity index (χ1) is 13.2. The molecule has 0 spiro atoms. The van der Waals surface area contributed by atoms with Crippen molar-refractivity contribution in [2.45, 2.75) is 6.42 Å². The summed E-state index contributed by atoms with van der Waals surface area (Å²) in [5, 5.41) is 3.30. The quantitative estimate of drug-likeness (QED) is 0.772. The topological polar surface area (TPSA) is 64.9 Å². The number of pyridine rings is 1. The minimum Gasteiger partial charge on any atom is -0.493 e. The van der Waals surface area contributed by atoms with Crippen LogP contribution in [0.25, 0.3) is 22.5 Å². The molecule has 0 amide bonds. The Kier molecular flexibility index (Phi) is 4.64. The third-order valence-electron chi connectivity index (χ3n) is 4.77. The van der Waals surface area contributed by atoms with Crippen LogP contribution in [-0.2, 0) is 0 Å². The number of hydrogen-bond donors (Lipinski definition) is 1. The maximum absolute atomic E-state index is 12.7. The first-order valence-corrected chi connectivity index (χ1v) is 8.85. The Hall–Kier alpha value is -3.12. The van der Waals surface area contributed by atoms with Crippen LogP contribution in [0.5, 0.6) is 11.5 Å². The van der Waals surface area contributed by atoms with Crippen molar-refractivity contribution in [3.05, 3.63) is 64.6 Å². The largest absolute Gasteiger partial charge is 0.493 e. The zero-order valence-electron chi connectivity index (χ0n) is 15.4. The average molecular weight is 363 g/mol. The van der Waals surface area contributed by atoms with Crippen molar-refractivity contribution in [2.24, 2.45) is 0 Å². The maximum atomic E-state index is 12.7. The molecule has 0 bridgehead atoms. The Balaban J connectivity index is 1.78. The average Bonchev–Trinajstić information content (AvgIpc) is 2.73. The van der Waals surface area contributed by atoms with Crippen LogP contribution >= 0.6 is 0 Å². The zero-order chi connectivity index (χ0) is 18.8. The Morgan fingerprint density at radius 2 is 1.85 bits per heavy atom. The monoisotopic (exact) mass is 363 g/mol. The third-order valence-corrected chi connectivity index (χ3v) is 4.77. The molecule has 0 unspecified atom stereocenters. The van der Waals surface area contributed by atoms with Gasteiger partial charge >= 0.3 is 0 Å². The summed E-state index contributed by atoms with van der Waals surface area (Å²) < 4.78 is 12.2. The van der Waals surface area contributed by atoms with Gasteiger partial charge in [-0.1, -0.05) is 6.08 Å². The summed E-state index contributed by atoms with van der Waals surface area (Å²) in [6.07, 6.45) is 5.00. The lowest BCUT2D eigenvalue weighted by Crippen LogP contribution is -2.20. The molecule has 0 radical (unpaired) electrons. The van der Waals surface area contributed by atoms with E-state index in [1.54, 1.807) is 24.7 Å². The third kappa shape index (κ3) is 3.31. The number of aromatic nitrogens is 2. The molecule has 1 N–H and O–H groups in total. The van der Waals surface area contributed by atoms with Gasteiger partial charge in [-0.2, -0.15) is 0 Å². The van der Waals surface area contributed by atoms with Gasteiger partial charge in [-0.15, -0.1) is 0 Å². The summed E-state index contributed by atoms with van der Waals surface area (Å²) in [6, 6.07) is 11.0. The normalized spacial score (nSPS) is 14.1. The van der Waals surface area contributed by atoms with Crippen LogP contribution < -0.4 is 20.3 Å². The molecule has 6 heteroatoms. The molecule has 1 aliphatic rings. The Bertz CT molecular complexity index is 1090. The first-order valence-electron chi connectivity index (χ1n) is 8.85.